The molecule has 0 fully saturated rings. The fourth-order valence-corrected chi connectivity index (χ4v) is 1.33. The van der Waals surface area contributed by atoms with Crippen LogP contribution in [-0.2, 0) is 4.74 Å². The molecule has 0 saturated heterocycles. The third-order valence-electron chi connectivity index (χ3n) is 2.07. The highest BCUT2D eigenvalue weighted by molar-refractivity contribution is 5.60. The predicted molar refractivity (Wildman–Crippen MR) is 64.4 cm³/mol. The van der Waals surface area contributed by atoms with Gasteiger partial charge in [0.15, 0.2) is 0 Å². The zero-order chi connectivity index (χ0) is 11.1. The smallest absolute Gasteiger partial charge is 0.0978 e. The highest BCUT2D eigenvalue weighted by Crippen LogP contribution is 2.17. The first-order valence-corrected chi connectivity index (χ1v) is 5.31. The zero-order valence-electron chi connectivity index (χ0n) is 9.68. The van der Waals surface area contributed by atoms with E-state index in [1.165, 1.54) is 5.56 Å². The molecule has 0 radical (unpaired) electrons. The van der Waals surface area contributed by atoms with Crippen molar-refractivity contribution in [3.8, 4) is 0 Å². The van der Waals surface area contributed by atoms with Crippen molar-refractivity contribution in [3.05, 3.63) is 35.9 Å². The maximum Gasteiger partial charge on any atom is 0.0978 e. The highest BCUT2D eigenvalue weighted by atomic mass is 16.5. The molecule has 2 nitrogen and oxygen atoms in total. The van der Waals surface area contributed by atoms with Crippen LogP contribution < -0.4 is 0 Å². The van der Waals surface area contributed by atoms with Crippen molar-refractivity contribution in [1.29, 1.82) is 0 Å². The lowest BCUT2D eigenvalue weighted by molar-refractivity contribution is 0.181. The standard InChI is InChI=1S/C13H19NO/c1-11(2)9-14-13(10-15-3)12-7-5-4-6-8-12/h4-9,11,13H,10H2,1-3H3/t13-/m0/s1. The average molecular weight is 205 g/mol. The van der Waals surface area contributed by atoms with Crippen LogP contribution in [0.5, 0.6) is 0 Å². The maximum atomic E-state index is 5.18. The molecule has 1 aromatic rings. The molecule has 0 bridgehead atoms. The second kappa shape index (κ2) is 6.36. The summed E-state index contributed by atoms with van der Waals surface area (Å²) in [6, 6.07) is 10.4. The molecule has 2 heteroatoms. The third-order valence-corrected chi connectivity index (χ3v) is 2.07. The molecule has 1 atom stereocenters. The summed E-state index contributed by atoms with van der Waals surface area (Å²) in [4.78, 5) is 4.53. The Morgan fingerprint density at radius 3 is 2.47 bits per heavy atom. The molecule has 0 spiro atoms. The van der Waals surface area contributed by atoms with Gasteiger partial charge in [0.1, 0.15) is 0 Å². The van der Waals surface area contributed by atoms with Gasteiger partial charge in [0.2, 0.25) is 0 Å². The van der Waals surface area contributed by atoms with Crippen LogP contribution in [0.15, 0.2) is 35.3 Å². The summed E-state index contributed by atoms with van der Waals surface area (Å²) in [6.45, 7) is 4.88. The Bertz CT molecular complexity index is 293. The van der Waals surface area contributed by atoms with Crippen molar-refractivity contribution in [2.45, 2.75) is 19.9 Å². The van der Waals surface area contributed by atoms with Crippen LogP contribution >= 0.6 is 0 Å². The topological polar surface area (TPSA) is 21.6 Å². The number of nitrogens with zero attached hydrogens (tertiary/aromatic N) is 1. The lowest BCUT2D eigenvalue weighted by atomic mass is 10.1. The third kappa shape index (κ3) is 4.26. The van der Waals surface area contributed by atoms with Crippen molar-refractivity contribution in [2.75, 3.05) is 13.7 Å². The Kier molecular flexibility index (Phi) is 5.05. The van der Waals surface area contributed by atoms with Crippen LogP contribution in [-0.4, -0.2) is 19.9 Å². The van der Waals surface area contributed by atoms with Gasteiger partial charge in [0.25, 0.3) is 0 Å². The van der Waals surface area contributed by atoms with Crippen molar-refractivity contribution in [3.63, 3.8) is 0 Å². The van der Waals surface area contributed by atoms with E-state index in [1.807, 2.05) is 24.4 Å². The number of aliphatic imine (C=N–C) groups is 1. The SMILES string of the molecule is COC[C@H](N=CC(C)C)c1ccccc1. The minimum Gasteiger partial charge on any atom is -0.382 e. The molecule has 0 N–H and O–H groups in total. The lowest BCUT2D eigenvalue weighted by Gasteiger charge is -2.11. The molecular formula is C13H19NO. The first-order chi connectivity index (χ1) is 7.24. The summed E-state index contributed by atoms with van der Waals surface area (Å²) in [6.07, 6.45) is 1.98. The van der Waals surface area contributed by atoms with Crippen LogP contribution in [0.4, 0.5) is 0 Å². The van der Waals surface area contributed by atoms with Gasteiger partial charge in [-0.05, 0) is 11.5 Å². The summed E-state index contributed by atoms with van der Waals surface area (Å²) < 4.78 is 5.18. The fraction of sp³-hybridized carbons (Fsp3) is 0.462. The number of hydrogen-bond donors (Lipinski definition) is 0. The van der Waals surface area contributed by atoms with Gasteiger partial charge in [-0.1, -0.05) is 44.2 Å². The number of hydrogen-bond acceptors (Lipinski definition) is 2. The second-order valence-electron chi connectivity index (χ2n) is 3.92. The van der Waals surface area contributed by atoms with E-state index >= 15 is 0 Å². The molecule has 15 heavy (non-hydrogen) atoms. The summed E-state index contributed by atoms with van der Waals surface area (Å²) in [5, 5.41) is 0. The second-order valence-corrected chi connectivity index (χ2v) is 3.92. The molecule has 0 heterocycles. The van der Waals surface area contributed by atoms with Crippen molar-refractivity contribution in [2.24, 2.45) is 10.9 Å². The van der Waals surface area contributed by atoms with E-state index < -0.39 is 0 Å². The van der Waals surface area contributed by atoms with E-state index in [-0.39, 0.29) is 6.04 Å². The molecule has 1 aromatic carbocycles. The zero-order valence-corrected chi connectivity index (χ0v) is 9.68. The quantitative estimate of drug-likeness (QED) is 0.677. The fourth-order valence-electron chi connectivity index (χ4n) is 1.33. The Hall–Kier alpha value is -1.15. The number of rotatable bonds is 5. The van der Waals surface area contributed by atoms with Gasteiger partial charge >= 0.3 is 0 Å². The Labute approximate surface area is 92.0 Å². The van der Waals surface area contributed by atoms with Gasteiger partial charge in [-0.2, -0.15) is 0 Å². The first kappa shape index (κ1) is 11.9. The van der Waals surface area contributed by atoms with Gasteiger partial charge < -0.3 is 4.74 Å². The Balaban J connectivity index is 2.74. The molecule has 0 aliphatic carbocycles. The monoisotopic (exact) mass is 205 g/mol. The molecule has 0 saturated carbocycles. The average Bonchev–Trinajstić information content (AvgIpc) is 2.25. The number of methoxy groups -OCH3 is 1. The van der Waals surface area contributed by atoms with Crippen molar-refractivity contribution in [1.82, 2.24) is 0 Å². The van der Waals surface area contributed by atoms with Crippen LogP contribution in [0.3, 0.4) is 0 Å². The molecule has 0 unspecified atom stereocenters. The summed E-state index contributed by atoms with van der Waals surface area (Å²) in [5.41, 5.74) is 1.20. The van der Waals surface area contributed by atoms with Gasteiger partial charge in [-0.3, -0.25) is 4.99 Å². The van der Waals surface area contributed by atoms with Gasteiger partial charge in [-0.25, -0.2) is 0 Å². The van der Waals surface area contributed by atoms with Gasteiger partial charge in [-0.15, -0.1) is 0 Å². The van der Waals surface area contributed by atoms with Crippen molar-refractivity contribution >= 4 is 6.21 Å². The van der Waals surface area contributed by atoms with Crippen LogP contribution in [0, 0.1) is 5.92 Å². The normalized spacial score (nSPS) is 13.6. The lowest BCUT2D eigenvalue weighted by Crippen LogP contribution is -2.05. The molecule has 0 amide bonds. The highest BCUT2D eigenvalue weighted by Gasteiger charge is 2.07. The largest absolute Gasteiger partial charge is 0.382 e. The molecule has 82 valence electrons. The maximum absolute atomic E-state index is 5.18. The molecular weight excluding hydrogens is 186 g/mol. The summed E-state index contributed by atoms with van der Waals surface area (Å²) >= 11 is 0. The Morgan fingerprint density at radius 2 is 1.93 bits per heavy atom. The van der Waals surface area contributed by atoms with E-state index in [0.717, 1.165) is 0 Å². The van der Waals surface area contributed by atoms with Crippen molar-refractivity contribution < 1.29 is 4.74 Å². The number of benzene rings is 1. The molecule has 1 rings (SSSR count). The van der Waals surface area contributed by atoms with Gasteiger partial charge in [0.05, 0.1) is 12.6 Å². The summed E-state index contributed by atoms with van der Waals surface area (Å²) in [7, 11) is 1.71. The van der Waals surface area contributed by atoms with Crippen LogP contribution in [0.2, 0.25) is 0 Å². The molecule has 0 aliphatic heterocycles. The molecule has 0 aliphatic rings. The van der Waals surface area contributed by atoms with Gasteiger partial charge in [0, 0.05) is 13.3 Å². The Morgan fingerprint density at radius 1 is 1.27 bits per heavy atom. The minimum atomic E-state index is 0.124. The predicted octanol–water partition coefficient (Wildman–Crippen LogP) is 3.10. The number of ether oxygens (including phenoxy) is 1. The molecule has 0 aromatic heterocycles. The van der Waals surface area contributed by atoms with E-state index in [0.29, 0.717) is 12.5 Å². The van der Waals surface area contributed by atoms with Crippen LogP contribution in [0.1, 0.15) is 25.5 Å². The first-order valence-electron chi connectivity index (χ1n) is 5.31. The van der Waals surface area contributed by atoms with E-state index in [2.05, 4.69) is 31.0 Å². The minimum absolute atomic E-state index is 0.124. The van der Waals surface area contributed by atoms with E-state index in [4.69, 9.17) is 4.74 Å². The van der Waals surface area contributed by atoms with E-state index in [9.17, 15) is 0 Å². The van der Waals surface area contributed by atoms with Crippen LogP contribution in [0.25, 0.3) is 0 Å². The summed E-state index contributed by atoms with van der Waals surface area (Å²) in [5.74, 6) is 0.480. The van der Waals surface area contributed by atoms with E-state index in [1.54, 1.807) is 7.11 Å².